The van der Waals surface area contributed by atoms with Crippen LogP contribution < -0.4 is 19.1 Å². The van der Waals surface area contributed by atoms with Gasteiger partial charge in [-0.05, 0) is 67.7 Å². The van der Waals surface area contributed by atoms with Gasteiger partial charge in [0.05, 0.1) is 13.7 Å². The van der Waals surface area contributed by atoms with E-state index in [-0.39, 0.29) is 19.0 Å². The molecule has 3 aliphatic rings. The highest BCUT2D eigenvalue weighted by Gasteiger charge is 2.34. The van der Waals surface area contributed by atoms with Crippen molar-refractivity contribution in [2.45, 2.75) is 24.9 Å². The van der Waals surface area contributed by atoms with E-state index in [9.17, 15) is 4.79 Å². The average molecular weight is 450 g/mol. The molecule has 3 aliphatic heterocycles. The number of hydrogen-bond donors (Lipinski definition) is 1. The lowest BCUT2D eigenvalue weighted by molar-refractivity contribution is 0.0977. The van der Waals surface area contributed by atoms with Gasteiger partial charge in [-0.25, -0.2) is 4.79 Å². The summed E-state index contributed by atoms with van der Waals surface area (Å²) in [4.78, 5) is 19.9. The number of likely N-dealkylation sites (tertiary alicyclic amines) is 1. The number of hydrogen-bond acceptors (Lipinski definition) is 6. The lowest BCUT2D eigenvalue weighted by Gasteiger charge is -2.32. The molecule has 172 valence electrons. The zero-order chi connectivity index (χ0) is 22.4. The quantitative estimate of drug-likeness (QED) is 0.632. The van der Waals surface area contributed by atoms with Crippen LogP contribution in [0.25, 0.3) is 10.9 Å². The Bertz CT molecular complexity index is 1170. The highest BCUT2D eigenvalue weighted by molar-refractivity contribution is 5.90. The number of ether oxygens (including phenoxy) is 4. The summed E-state index contributed by atoms with van der Waals surface area (Å²) >= 11 is 0. The van der Waals surface area contributed by atoms with Crippen LogP contribution in [0.3, 0.4) is 0 Å². The molecular formula is C25H27N3O5. The number of H-pyrrole nitrogens is 1. The van der Waals surface area contributed by atoms with E-state index in [2.05, 4.69) is 22.1 Å². The number of cyclic esters (lactones) is 1. The zero-order valence-corrected chi connectivity index (χ0v) is 18.6. The Labute approximate surface area is 192 Å². The Morgan fingerprint density at radius 3 is 2.61 bits per heavy atom. The van der Waals surface area contributed by atoms with Crippen LogP contribution in [0.1, 0.15) is 24.3 Å². The van der Waals surface area contributed by atoms with Crippen LogP contribution in [-0.4, -0.2) is 62.2 Å². The number of carbonyl (C=O) groups is 1. The number of carbonyl (C=O) groups excluding carboxylic acids is 1. The van der Waals surface area contributed by atoms with Gasteiger partial charge in [0.2, 0.25) is 6.79 Å². The monoisotopic (exact) mass is 449 g/mol. The molecule has 33 heavy (non-hydrogen) atoms. The van der Waals surface area contributed by atoms with E-state index in [0.29, 0.717) is 12.5 Å². The zero-order valence-electron chi connectivity index (χ0n) is 18.6. The first-order chi connectivity index (χ1) is 16.2. The van der Waals surface area contributed by atoms with E-state index in [1.54, 1.807) is 12.0 Å². The number of nitrogens with one attached hydrogen (secondary N) is 1. The highest BCUT2D eigenvalue weighted by atomic mass is 16.7. The smallest absolute Gasteiger partial charge is 0.414 e. The minimum Gasteiger partial charge on any atom is -0.497 e. The van der Waals surface area contributed by atoms with E-state index in [1.807, 2.05) is 30.3 Å². The number of benzene rings is 2. The topological polar surface area (TPSA) is 76.3 Å². The standard InChI is InChI=1S/C25H27N3O5/c1-30-18-4-2-17(3-5-18)28-14-19(33-25(28)29)13-27-8-6-16(7-9-27)21-12-26-22-11-24-23(10-20(21)22)31-15-32-24/h2-5,10-12,16,19,26H,6-9,13-15H2,1H3/t19-/m0/s1. The van der Waals surface area contributed by atoms with Crippen molar-refractivity contribution in [3.63, 3.8) is 0 Å². The van der Waals surface area contributed by atoms with E-state index >= 15 is 0 Å². The Hall–Kier alpha value is -3.39. The van der Waals surface area contributed by atoms with Gasteiger partial charge in [0.1, 0.15) is 11.9 Å². The molecule has 1 atom stereocenters. The molecule has 2 saturated heterocycles. The lowest BCUT2D eigenvalue weighted by atomic mass is 9.89. The largest absolute Gasteiger partial charge is 0.497 e. The molecule has 0 bridgehead atoms. The summed E-state index contributed by atoms with van der Waals surface area (Å²) in [6, 6.07) is 11.6. The fourth-order valence-electron chi connectivity index (χ4n) is 5.18. The van der Waals surface area contributed by atoms with Crippen molar-refractivity contribution >= 4 is 22.7 Å². The third kappa shape index (κ3) is 3.74. The van der Waals surface area contributed by atoms with E-state index in [1.165, 1.54) is 10.9 Å². The molecule has 1 amide bonds. The van der Waals surface area contributed by atoms with Crippen molar-refractivity contribution in [1.29, 1.82) is 0 Å². The van der Waals surface area contributed by atoms with Crippen molar-refractivity contribution in [3.05, 3.63) is 48.2 Å². The van der Waals surface area contributed by atoms with E-state index in [4.69, 9.17) is 18.9 Å². The van der Waals surface area contributed by atoms with Crippen LogP contribution in [0.2, 0.25) is 0 Å². The molecule has 1 N–H and O–H groups in total. The van der Waals surface area contributed by atoms with E-state index < -0.39 is 0 Å². The molecule has 2 aromatic carbocycles. The van der Waals surface area contributed by atoms with Crippen LogP contribution >= 0.6 is 0 Å². The summed E-state index contributed by atoms with van der Waals surface area (Å²) in [6.45, 7) is 3.59. The Morgan fingerprint density at radius 1 is 1.09 bits per heavy atom. The van der Waals surface area contributed by atoms with Crippen LogP contribution in [0.4, 0.5) is 10.5 Å². The molecule has 6 rings (SSSR count). The van der Waals surface area contributed by atoms with Gasteiger partial charge in [-0.15, -0.1) is 0 Å². The second-order valence-corrected chi connectivity index (χ2v) is 8.88. The predicted octanol–water partition coefficient (Wildman–Crippen LogP) is 4.11. The van der Waals surface area contributed by atoms with Crippen LogP contribution in [-0.2, 0) is 4.74 Å². The molecule has 0 radical (unpaired) electrons. The molecular weight excluding hydrogens is 422 g/mol. The normalized spacial score (nSPS) is 21.1. The fourth-order valence-corrected chi connectivity index (χ4v) is 5.18. The maximum atomic E-state index is 12.4. The Morgan fingerprint density at radius 2 is 1.85 bits per heavy atom. The Kier molecular flexibility index (Phi) is 5.02. The summed E-state index contributed by atoms with van der Waals surface area (Å²) in [7, 11) is 1.63. The lowest BCUT2D eigenvalue weighted by Crippen LogP contribution is -2.39. The SMILES string of the molecule is COc1ccc(N2C[C@H](CN3CCC(c4c[nH]c5cc6c(cc45)OCO6)CC3)OC2=O)cc1. The summed E-state index contributed by atoms with van der Waals surface area (Å²) in [5.74, 6) is 2.90. The summed E-state index contributed by atoms with van der Waals surface area (Å²) in [5.41, 5.74) is 3.27. The molecule has 8 heteroatoms. The maximum absolute atomic E-state index is 12.4. The number of methoxy groups -OCH3 is 1. The summed E-state index contributed by atoms with van der Waals surface area (Å²) < 4.78 is 21.9. The van der Waals surface area contributed by atoms with Crippen molar-refractivity contribution in [3.8, 4) is 17.2 Å². The van der Waals surface area contributed by atoms with Gasteiger partial charge in [0, 0.05) is 35.4 Å². The third-order valence-corrected chi connectivity index (χ3v) is 6.95. The second kappa shape index (κ2) is 8.19. The number of nitrogens with zero attached hydrogens (tertiary/aromatic N) is 2. The van der Waals surface area contributed by atoms with E-state index in [0.717, 1.165) is 60.9 Å². The molecule has 3 aromatic rings. The van der Waals surface area contributed by atoms with Crippen molar-refractivity contribution in [2.24, 2.45) is 0 Å². The van der Waals surface area contributed by atoms with Gasteiger partial charge in [-0.3, -0.25) is 9.80 Å². The first-order valence-electron chi connectivity index (χ1n) is 11.4. The molecule has 2 fully saturated rings. The summed E-state index contributed by atoms with van der Waals surface area (Å²) in [6.07, 6.45) is 3.88. The third-order valence-electron chi connectivity index (χ3n) is 6.95. The minimum atomic E-state index is -0.280. The van der Waals surface area contributed by atoms with Gasteiger partial charge in [-0.1, -0.05) is 0 Å². The number of aromatic nitrogens is 1. The van der Waals surface area contributed by atoms with Gasteiger partial charge in [0.25, 0.3) is 0 Å². The number of fused-ring (bicyclic) bond motifs is 2. The van der Waals surface area contributed by atoms with Crippen molar-refractivity contribution < 1.29 is 23.7 Å². The molecule has 0 saturated carbocycles. The first kappa shape index (κ1) is 20.2. The highest BCUT2D eigenvalue weighted by Crippen LogP contribution is 2.40. The van der Waals surface area contributed by atoms with Gasteiger partial charge < -0.3 is 23.9 Å². The van der Waals surface area contributed by atoms with Gasteiger partial charge in [-0.2, -0.15) is 0 Å². The fraction of sp³-hybridized carbons (Fsp3) is 0.400. The number of anilines is 1. The number of aromatic amines is 1. The molecule has 4 heterocycles. The molecule has 8 nitrogen and oxygen atoms in total. The number of rotatable bonds is 5. The number of amides is 1. The van der Waals surface area contributed by atoms with Crippen molar-refractivity contribution in [1.82, 2.24) is 9.88 Å². The second-order valence-electron chi connectivity index (χ2n) is 8.88. The maximum Gasteiger partial charge on any atom is 0.414 e. The van der Waals surface area contributed by atoms with Crippen LogP contribution in [0.15, 0.2) is 42.6 Å². The van der Waals surface area contributed by atoms with Gasteiger partial charge >= 0.3 is 6.09 Å². The number of piperidine rings is 1. The average Bonchev–Trinajstić information content (AvgIpc) is 3.56. The first-order valence-corrected chi connectivity index (χ1v) is 11.4. The minimum absolute atomic E-state index is 0.121. The van der Waals surface area contributed by atoms with Gasteiger partial charge in [0.15, 0.2) is 11.5 Å². The molecule has 0 aliphatic carbocycles. The molecule has 0 unspecified atom stereocenters. The predicted molar refractivity (Wildman–Crippen MR) is 123 cm³/mol. The van der Waals surface area contributed by atoms with Crippen LogP contribution in [0.5, 0.6) is 17.2 Å². The van der Waals surface area contributed by atoms with Crippen molar-refractivity contribution in [2.75, 3.05) is 45.0 Å². The molecule has 0 spiro atoms. The van der Waals surface area contributed by atoms with Crippen LogP contribution in [0, 0.1) is 0 Å². The molecule has 1 aromatic heterocycles. The summed E-state index contributed by atoms with van der Waals surface area (Å²) in [5, 5.41) is 1.22. The Balaban J connectivity index is 1.07.